The SMILES string of the molecule is CCN1CCN(c2nc(CSc3ccc(C)cc3)cc(=O)[nH]2)CC1. The Labute approximate surface area is 147 Å². The summed E-state index contributed by atoms with van der Waals surface area (Å²) in [4.78, 5) is 25.3. The molecule has 5 nitrogen and oxygen atoms in total. The lowest BCUT2D eigenvalue weighted by molar-refractivity contribution is 0.270. The van der Waals surface area contributed by atoms with Gasteiger partial charge in [0, 0.05) is 42.9 Å². The first-order valence-electron chi connectivity index (χ1n) is 8.41. The monoisotopic (exact) mass is 344 g/mol. The summed E-state index contributed by atoms with van der Waals surface area (Å²) in [7, 11) is 0. The van der Waals surface area contributed by atoms with E-state index in [1.165, 1.54) is 10.5 Å². The number of aromatic nitrogens is 2. The van der Waals surface area contributed by atoms with Crippen molar-refractivity contribution in [2.75, 3.05) is 37.6 Å². The molecule has 128 valence electrons. The van der Waals surface area contributed by atoms with Crippen molar-refractivity contribution in [2.24, 2.45) is 0 Å². The minimum absolute atomic E-state index is 0.0718. The van der Waals surface area contributed by atoms with E-state index in [0.29, 0.717) is 11.7 Å². The van der Waals surface area contributed by atoms with Crippen LogP contribution >= 0.6 is 11.8 Å². The fraction of sp³-hybridized carbons (Fsp3) is 0.444. The third-order valence-corrected chi connectivity index (χ3v) is 5.35. The summed E-state index contributed by atoms with van der Waals surface area (Å²) < 4.78 is 0. The lowest BCUT2D eigenvalue weighted by Gasteiger charge is -2.34. The first-order valence-corrected chi connectivity index (χ1v) is 9.39. The van der Waals surface area contributed by atoms with Crippen LogP contribution in [0, 0.1) is 6.92 Å². The number of rotatable bonds is 5. The quantitative estimate of drug-likeness (QED) is 0.845. The van der Waals surface area contributed by atoms with Gasteiger partial charge in [-0.25, -0.2) is 4.98 Å². The van der Waals surface area contributed by atoms with Crippen molar-refractivity contribution in [1.29, 1.82) is 0 Å². The number of nitrogens with zero attached hydrogens (tertiary/aromatic N) is 3. The van der Waals surface area contributed by atoms with Crippen LogP contribution in [0.2, 0.25) is 0 Å². The van der Waals surface area contributed by atoms with Crippen LogP contribution in [0.3, 0.4) is 0 Å². The summed E-state index contributed by atoms with van der Waals surface area (Å²) in [6.07, 6.45) is 0. The molecule has 0 amide bonds. The number of benzene rings is 1. The smallest absolute Gasteiger partial charge is 0.252 e. The van der Waals surface area contributed by atoms with Gasteiger partial charge in [-0.2, -0.15) is 0 Å². The second-order valence-corrected chi connectivity index (χ2v) is 7.13. The van der Waals surface area contributed by atoms with Crippen LogP contribution in [0.4, 0.5) is 5.95 Å². The number of piperazine rings is 1. The molecule has 3 rings (SSSR count). The van der Waals surface area contributed by atoms with Gasteiger partial charge in [-0.05, 0) is 25.6 Å². The first kappa shape index (κ1) is 17.0. The maximum Gasteiger partial charge on any atom is 0.252 e. The Morgan fingerprint density at radius 2 is 1.88 bits per heavy atom. The zero-order valence-corrected chi connectivity index (χ0v) is 15.1. The van der Waals surface area contributed by atoms with E-state index in [4.69, 9.17) is 0 Å². The van der Waals surface area contributed by atoms with Gasteiger partial charge in [0.05, 0.1) is 5.69 Å². The van der Waals surface area contributed by atoms with Crippen molar-refractivity contribution in [1.82, 2.24) is 14.9 Å². The Hall–Kier alpha value is -1.79. The largest absolute Gasteiger partial charge is 0.340 e. The van der Waals surface area contributed by atoms with Gasteiger partial charge in [0.1, 0.15) is 0 Å². The number of hydrogen-bond acceptors (Lipinski definition) is 5. The first-order chi connectivity index (χ1) is 11.6. The zero-order chi connectivity index (χ0) is 16.9. The Kier molecular flexibility index (Phi) is 5.58. The molecule has 0 spiro atoms. The predicted octanol–water partition coefficient (Wildman–Crippen LogP) is 2.51. The summed E-state index contributed by atoms with van der Waals surface area (Å²) in [6.45, 7) is 9.18. The van der Waals surface area contributed by atoms with Gasteiger partial charge in [-0.3, -0.25) is 9.78 Å². The molecule has 0 aliphatic carbocycles. The molecule has 0 bridgehead atoms. The highest BCUT2D eigenvalue weighted by atomic mass is 32.2. The fourth-order valence-corrected chi connectivity index (χ4v) is 3.58. The van der Waals surface area contributed by atoms with E-state index in [1.807, 2.05) is 0 Å². The van der Waals surface area contributed by atoms with Crippen LogP contribution in [0.15, 0.2) is 40.0 Å². The van der Waals surface area contributed by atoms with Gasteiger partial charge in [-0.1, -0.05) is 24.6 Å². The standard InChI is InChI=1S/C18H24N4OS/c1-3-21-8-10-22(11-9-21)18-19-15(12-17(23)20-18)13-24-16-6-4-14(2)5-7-16/h4-7,12H,3,8-11,13H2,1-2H3,(H,19,20,23). The van der Waals surface area contributed by atoms with E-state index in [0.717, 1.165) is 38.4 Å². The van der Waals surface area contributed by atoms with Crippen LogP contribution in [0.25, 0.3) is 0 Å². The summed E-state index contributed by atoms with van der Waals surface area (Å²) >= 11 is 1.71. The van der Waals surface area contributed by atoms with Crippen LogP contribution in [-0.4, -0.2) is 47.6 Å². The Morgan fingerprint density at radius 3 is 2.54 bits per heavy atom. The van der Waals surface area contributed by atoms with Crippen LogP contribution < -0.4 is 10.5 Å². The predicted molar refractivity (Wildman–Crippen MR) is 99.9 cm³/mol. The van der Waals surface area contributed by atoms with Gasteiger partial charge >= 0.3 is 0 Å². The summed E-state index contributed by atoms with van der Waals surface area (Å²) in [5.41, 5.74) is 2.01. The highest BCUT2D eigenvalue weighted by Crippen LogP contribution is 2.22. The van der Waals surface area contributed by atoms with Crippen LogP contribution in [0.5, 0.6) is 0 Å². The van der Waals surface area contributed by atoms with E-state index in [9.17, 15) is 4.79 Å². The van der Waals surface area contributed by atoms with Crippen LogP contribution in [-0.2, 0) is 5.75 Å². The molecule has 24 heavy (non-hydrogen) atoms. The Balaban J connectivity index is 1.67. The normalized spacial score (nSPS) is 15.7. The van der Waals surface area contributed by atoms with Crippen molar-refractivity contribution in [3.63, 3.8) is 0 Å². The van der Waals surface area contributed by atoms with E-state index in [-0.39, 0.29) is 5.56 Å². The summed E-state index contributed by atoms with van der Waals surface area (Å²) in [5.74, 6) is 1.41. The number of likely N-dealkylation sites (N-methyl/N-ethyl adjacent to an activating group) is 1. The second kappa shape index (κ2) is 7.85. The molecule has 1 aromatic carbocycles. The molecule has 0 radical (unpaired) electrons. The minimum atomic E-state index is -0.0718. The number of thioether (sulfide) groups is 1. The topological polar surface area (TPSA) is 52.2 Å². The number of hydrogen-bond donors (Lipinski definition) is 1. The molecule has 0 atom stereocenters. The Bertz CT molecular complexity index is 721. The molecule has 6 heteroatoms. The number of aromatic amines is 1. The van der Waals surface area contributed by atoms with Crippen molar-refractivity contribution in [3.05, 3.63) is 51.9 Å². The molecular formula is C18H24N4OS. The minimum Gasteiger partial charge on any atom is -0.340 e. The fourth-order valence-electron chi connectivity index (χ4n) is 2.79. The maximum atomic E-state index is 12.0. The molecule has 1 N–H and O–H groups in total. The molecular weight excluding hydrogens is 320 g/mol. The van der Waals surface area contributed by atoms with Crippen molar-refractivity contribution < 1.29 is 0 Å². The third-order valence-electron chi connectivity index (χ3n) is 4.31. The van der Waals surface area contributed by atoms with E-state index in [1.54, 1.807) is 17.8 Å². The molecule has 0 saturated carbocycles. The van der Waals surface area contributed by atoms with Crippen LogP contribution in [0.1, 0.15) is 18.2 Å². The molecule has 2 aromatic rings. The van der Waals surface area contributed by atoms with Crippen molar-refractivity contribution in [2.45, 2.75) is 24.5 Å². The number of anilines is 1. The molecule has 1 saturated heterocycles. The lowest BCUT2D eigenvalue weighted by Crippen LogP contribution is -2.47. The zero-order valence-electron chi connectivity index (χ0n) is 14.3. The van der Waals surface area contributed by atoms with Gasteiger partial charge in [0.25, 0.3) is 5.56 Å². The molecule has 2 heterocycles. The van der Waals surface area contributed by atoms with Gasteiger partial charge in [0.2, 0.25) is 5.95 Å². The molecule has 0 unspecified atom stereocenters. The number of nitrogens with one attached hydrogen (secondary N) is 1. The third kappa shape index (κ3) is 4.39. The maximum absolute atomic E-state index is 12.0. The van der Waals surface area contributed by atoms with E-state index >= 15 is 0 Å². The van der Waals surface area contributed by atoms with Gasteiger partial charge in [-0.15, -0.1) is 11.8 Å². The van der Waals surface area contributed by atoms with E-state index in [2.05, 4.69) is 57.9 Å². The molecule has 1 aromatic heterocycles. The second-order valence-electron chi connectivity index (χ2n) is 6.08. The van der Waals surface area contributed by atoms with Crippen molar-refractivity contribution in [3.8, 4) is 0 Å². The highest BCUT2D eigenvalue weighted by Gasteiger charge is 2.18. The van der Waals surface area contributed by atoms with Gasteiger partial charge < -0.3 is 9.80 Å². The van der Waals surface area contributed by atoms with E-state index < -0.39 is 0 Å². The van der Waals surface area contributed by atoms with Crippen molar-refractivity contribution >= 4 is 17.7 Å². The molecule has 1 fully saturated rings. The molecule has 1 aliphatic heterocycles. The Morgan fingerprint density at radius 1 is 1.17 bits per heavy atom. The average Bonchev–Trinajstić information content (AvgIpc) is 2.61. The lowest BCUT2D eigenvalue weighted by atomic mass is 10.2. The number of H-pyrrole nitrogens is 1. The number of aryl methyl sites for hydroxylation is 1. The average molecular weight is 344 g/mol. The highest BCUT2D eigenvalue weighted by molar-refractivity contribution is 7.98. The summed E-state index contributed by atoms with van der Waals surface area (Å²) in [6, 6.07) is 10.0. The summed E-state index contributed by atoms with van der Waals surface area (Å²) in [5, 5.41) is 0. The van der Waals surface area contributed by atoms with Gasteiger partial charge in [0.15, 0.2) is 0 Å². The molecule has 1 aliphatic rings.